The van der Waals surface area contributed by atoms with Crippen LogP contribution in [0.2, 0.25) is 0 Å². The highest BCUT2D eigenvalue weighted by atomic mass is 16.5. The summed E-state index contributed by atoms with van der Waals surface area (Å²) in [7, 11) is 3.98. The maximum Gasteiger partial charge on any atom is 0.332 e. The summed E-state index contributed by atoms with van der Waals surface area (Å²) < 4.78 is 5.23. The van der Waals surface area contributed by atoms with Gasteiger partial charge in [0.15, 0.2) is 6.10 Å². The van der Waals surface area contributed by atoms with Crippen molar-refractivity contribution in [2.75, 3.05) is 20.6 Å². The van der Waals surface area contributed by atoms with E-state index in [0.29, 0.717) is 25.3 Å². The van der Waals surface area contributed by atoms with Crippen molar-refractivity contribution in [3.8, 4) is 0 Å². The molecule has 0 radical (unpaired) electrons. The molecule has 1 fully saturated rings. The summed E-state index contributed by atoms with van der Waals surface area (Å²) >= 11 is 0. The monoisotopic (exact) mass is 286 g/mol. The fourth-order valence-corrected chi connectivity index (χ4v) is 2.36. The second kappa shape index (κ2) is 7.59. The highest BCUT2D eigenvalue weighted by Gasteiger charge is 2.34. The molecule has 0 aliphatic carbocycles. The van der Waals surface area contributed by atoms with Crippen molar-refractivity contribution in [3.63, 3.8) is 0 Å². The van der Waals surface area contributed by atoms with Crippen LogP contribution in [-0.4, -0.2) is 60.8 Å². The minimum Gasteiger partial charge on any atom is -0.479 e. The predicted octanol–water partition coefficient (Wildman–Crippen LogP) is 0.711. The van der Waals surface area contributed by atoms with Crippen molar-refractivity contribution in [2.45, 2.75) is 51.4 Å². The quantitative estimate of drug-likeness (QED) is 0.720. The number of aliphatic carboxylic acids is 1. The number of nitrogens with one attached hydrogen (secondary N) is 1. The number of nitrogens with zero attached hydrogens (tertiary/aromatic N) is 1. The predicted molar refractivity (Wildman–Crippen MR) is 75.5 cm³/mol. The lowest BCUT2D eigenvalue weighted by molar-refractivity contribution is -0.151. The van der Waals surface area contributed by atoms with Gasteiger partial charge in [-0.05, 0) is 39.3 Å². The summed E-state index contributed by atoms with van der Waals surface area (Å²) in [5.74, 6) is -0.644. The maximum atomic E-state index is 12.0. The molecule has 1 saturated heterocycles. The zero-order chi connectivity index (χ0) is 15.3. The van der Waals surface area contributed by atoms with Crippen molar-refractivity contribution < 1.29 is 19.4 Å². The molecule has 2 N–H and O–H groups in total. The Bertz CT molecular complexity index is 344. The van der Waals surface area contributed by atoms with Crippen LogP contribution >= 0.6 is 0 Å². The van der Waals surface area contributed by atoms with Gasteiger partial charge in [-0.25, -0.2) is 4.79 Å². The summed E-state index contributed by atoms with van der Waals surface area (Å²) in [6, 6.07) is 0.274. The standard InChI is InChI=1S/C14H26N2O4/c1-9(2)7-10(16(3)4)8-15-13(17)11-5-6-12(20-11)14(18)19/h9-12H,5-8H2,1-4H3,(H,15,17)(H,18,19)/t10?,11-,12+/m0/s1. The Balaban J connectivity index is 2.40. The second-order valence-corrected chi connectivity index (χ2v) is 6.02. The van der Waals surface area contributed by atoms with Gasteiger partial charge < -0.3 is 20.1 Å². The van der Waals surface area contributed by atoms with Crippen LogP contribution in [0.25, 0.3) is 0 Å². The normalized spacial score (nSPS) is 24.1. The van der Waals surface area contributed by atoms with Gasteiger partial charge in [-0.2, -0.15) is 0 Å². The molecule has 1 amide bonds. The van der Waals surface area contributed by atoms with E-state index in [1.165, 1.54) is 0 Å². The third-order valence-electron chi connectivity index (χ3n) is 3.57. The van der Waals surface area contributed by atoms with Crippen LogP contribution in [0.1, 0.15) is 33.1 Å². The van der Waals surface area contributed by atoms with E-state index >= 15 is 0 Å². The molecule has 1 aliphatic heterocycles. The van der Waals surface area contributed by atoms with Crippen LogP contribution in [0.4, 0.5) is 0 Å². The summed E-state index contributed by atoms with van der Waals surface area (Å²) in [5, 5.41) is 11.7. The van der Waals surface area contributed by atoms with Gasteiger partial charge in [-0.15, -0.1) is 0 Å². The van der Waals surface area contributed by atoms with Gasteiger partial charge in [-0.1, -0.05) is 13.8 Å². The Morgan fingerprint density at radius 2 is 1.90 bits per heavy atom. The number of amides is 1. The Kier molecular flexibility index (Phi) is 6.42. The molecule has 0 aromatic heterocycles. The van der Waals surface area contributed by atoms with Gasteiger partial charge in [0.2, 0.25) is 5.91 Å². The number of ether oxygens (including phenoxy) is 1. The Morgan fingerprint density at radius 1 is 1.30 bits per heavy atom. The number of hydrogen-bond acceptors (Lipinski definition) is 4. The third kappa shape index (κ3) is 5.09. The van der Waals surface area contributed by atoms with Gasteiger partial charge in [0.25, 0.3) is 0 Å². The SMILES string of the molecule is CC(C)CC(CNC(=O)[C@@H]1CC[C@H](C(=O)O)O1)N(C)C. The minimum atomic E-state index is -0.994. The first-order valence-electron chi connectivity index (χ1n) is 7.13. The molecule has 6 heteroatoms. The van der Waals surface area contributed by atoms with E-state index in [4.69, 9.17) is 9.84 Å². The second-order valence-electron chi connectivity index (χ2n) is 6.02. The topological polar surface area (TPSA) is 78.9 Å². The molecule has 1 rings (SSSR count). The van der Waals surface area contributed by atoms with Crippen molar-refractivity contribution in [2.24, 2.45) is 5.92 Å². The van der Waals surface area contributed by atoms with Gasteiger partial charge >= 0.3 is 5.97 Å². The van der Waals surface area contributed by atoms with Gasteiger partial charge in [-0.3, -0.25) is 4.79 Å². The van der Waals surface area contributed by atoms with Crippen LogP contribution in [-0.2, 0) is 14.3 Å². The first kappa shape index (κ1) is 16.9. The van der Waals surface area contributed by atoms with Gasteiger partial charge in [0.1, 0.15) is 6.10 Å². The molecule has 0 spiro atoms. The molecule has 3 atom stereocenters. The number of hydrogen-bond donors (Lipinski definition) is 2. The van der Waals surface area contributed by atoms with E-state index in [1.54, 1.807) is 0 Å². The molecular formula is C14H26N2O4. The maximum absolute atomic E-state index is 12.0. The lowest BCUT2D eigenvalue weighted by Crippen LogP contribution is -2.44. The smallest absolute Gasteiger partial charge is 0.332 e. The summed E-state index contributed by atoms with van der Waals surface area (Å²) in [4.78, 5) is 24.9. The van der Waals surface area contributed by atoms with E-state index in [9.17, 15) is 9.59 Å². The summed E-state index contributed by atoms with van der Waals surface area (Å²) in [5.41, 5.74) is 0. The minimum absolute atomic E-state index is 0.204. The van der Waals surface area contributed by atoms with E-state index in [2.05, 4.69) is 24.1 Å². The van der Waals surface area contributed by atoms with E-state index in [0.717, 1.165) is 6.42 Å². The number of carboxylic acids is 1. The molecule has 0 bridgehead atoms. The van der Waals surface area contributed by atoms with Crippen LogP contribution in [0, 0.1) is 5.92 Å². The molecule has 1 aliphatic rings. The first-order chi connectivity index (χ1) is 9.31. The number of likely N-dealkylation sites (N-methyl/N-ethyl adjacent to an activating group) is 1. The zero-order valence-electron chi connectivity index (χ0n) is 12.8. The lowest BCUT2D eigenvalue weighted by Gasteiger charge is -2.26. The Morgan fingerprint density at radius 3 is 2.35 bits per heavy atom. The summed E-state index contributed by atoms with van der Waals surface area (Å²) in [6.07, 6.45) is 0.399. The van der Waals surface area contributed by atoms with Crippen LogP contribution in [0.3, 0.4) is 0 Å². The lowest BCUT2D eigenvalue weighted by atomic mass is 10.0. The van der Waals surface area contributed by atoms with Gasteiger partial charge in [0, 0.05) is 12.6 Å². The fraction of sp³-hybridized carbons (Fsp3) is 0.857. The van der Waals surface area contributed by atoms with Crippen molar-refractivity contribution in [3.05, 3.63) is 0 Å². The van der Waals surface area contributed by atoms with Crippen LogP contribution < -0.4 is 5.32 Å². The fourth-order valence-electron chi connectivity index (χ4n) is 2.36. The largest absolute Gasteiger partial charge is 0.479 e. The van der Waals surface area contributed by atoms with Crippen LogP contribution in [0.5, 0.6) is 0 Å². The van der Waals surface area contributed by atoms with E-state index < -0.39 is 18.2 Å². The van der Waals surface area contributed by atoms with Gasteiger partial charge in [0.05, 0.1) is 0 Å². The number of rotatable bonds is 7. The molecule has 0 saturated carbocycles. The van der Waals surface area contributed by atoms with Crippen molar-refractivity contribution in [1.82, 2.24) is 10.2 Å². The highest BCUT2D eigenvalue weighted by Crippen LogP contribution is 2.20. The number of carbonyl (C=O) groups excluding carboxylic acids is 1. The molecule has 6 nitrogen and oxygen atoms in total. The molecule has 1 heterocycles. The van der Waals surface area contributed by atoms with E-state index in [-0.39, 0.29) is 11.9 Å². The van der Waals surface area contributed by atoms with Crippen LogP contribution in [0.15, 0.2) is 0 Å². The molecule has 0 aromatic rings. The molecule has 20 heavy (non-hydrogen) atoms. The number of carbonyl (C=O) groups is 2. The average Bonchev–Trinajstić information content (AvgIpc) is 2.82. The van der Waals surface area contributed by atoms with E-state index in [1.807, 2.05) is 14.1 Å². The van der Waals surface area contributed by atoms with Crippen molar-refractivity contribution >= 4 is 11.9 Å². The Labute approximate surface area is 120 Å². The third-order valence-corrected chi connectivity index (χ3v) is 3.57. The molecule has 1 unspecified atom stereocenters. The average molecular weight is 286 g/mol. The first-order valence-corrected chi connectivity index (χ1v) is 7.13. The molecular weight excluding hydrogens is 260 g/mol. The highest BCUT2D eigenvalue weighted by molar-refractivity contribution is 5.82. The molecule has 0 aromatic carbocycles. The number of carboxylic acid groups (broad SMARTS) is 1. The molecule has 116 valence electrons. The zero-order valence-corrected chi connectivity index (χ0v) is 12.8. The van der Waals surface area contributed by atoms with Crippen molar-refractivity contribution in [1.29, 1.82) is 0 Å². The summed E-state index contributed by atoms with van der Waals surface area (Å²) in [6.45, 7) is 4.85. The Hall–Kier alpha value is -1.14.